The molecule has 0 saturated carbocycles. The van der Waals surface area contributed by atoms with Gasteiger partial charge in [-0.25, -0.2) is 0 Å². The van der Waals surface area contributed by atoms with Gasteiger partial charge in [-0.15, -0.1) is 0 Å². The molecule has 7 heteroatoms. The number of carbonyl (C=O) groups excluding carboxylic acids is 1. The largest absolute Gasteiger partial charge is 0.508 e. The van der Waals surface area contributed by atoms with Crippen LogP contribution in [0.5, 0.6) is 28.7 Å². The van der Waals surface area contributed by atoms with Crippen LogP contribution >= 0.6 is 0 Å². The summed E-state index contributed by atoms with van der Waals surface area (Å²) in [4.78, 5) is 13.7. The number of Topliss-reactive ketones (excluding diaryl/α,β-unsaturated/α-hetero) is 1. The van der Waals surface area contributed by atoms with Crippen LogP contribution in [0, 0.1) is 0 Å². The predicted octanol–water partition coefficient (Wildman–Crippen LogP) is 6.84. The molecule has 0 radical (unpaired) electrons. The fourth-order valence-electron chi connectivity index (χ4n) is 5.99. The average Bonchev–Trinajstić information content (AvgIpc) is 3.04. The maximum absolute atomic E-state index is 13.7. The SMILES string of the molecule is COc1cc(CC(C(=O)CC(O)CCc2ccc(O)c(OC)c2Cc2cccc3ccccc23)c2cccc(O)c2)ccc1O. The third-order valence-electron chi connectivity index (χ3n) is 8.32. The van der Waals surface area contributed by atoms with Crippen LogP contribution in [0.25, 0.3) is 10.8 Å². The maximum Gasteiger partial charge on any atom is 0.164 e. The Morgan fingerprint density at radius 1 is 0.778 bits per heavy atom. The Morgan fingerprint density at radius 3 is 2.31 bits per heavy atom. The summed E-state index contributed by atoms with van der Waals surface area (Å²) in [6.45, 7) is 0. The molecule has 4 N–H and O–H groups in total. The van der Waals surface area contributed by atoms with Gasteiger partial charge < -0.3 is 29.9 Å². The van der Waals surface area contributed by atoms with E-state index in [2.05, 4.69) is 24.3 Å². The van der Waals surface area contributed by atoms with Gasteiger partial charge in [-0.3, -0.25) is 4.79 Å². The molecule has 232 valence electrons. The molecule has 0 aliphatic rings. The number of phenolic OH excluding ortho intramolecular Hbond substituents is 3. The standard InChI is InChI=1S/C38H38O7/c1-44-37-20-24(13-17-34(37)41)19-32(27-10-6-11-29(39)21-27)36(43)23-30(40)16-14-26-15-18-35(42)38(45-2)33(26)22-28-9-5-8-25-7-3-4-12-31(25)28/h3-13,15,17-18,20-21,30,32,39-42H,14,16,19,22-23H2,1-2H3. The Balaban J connectivity index is 1.35. The van der Waals surface area contributed by atoms with Gasteiger partial charge in [-0.2, -0.15) is 0 Å². The van der Waals surface area contributed by atoms with Gasteiger partial charge in [0.2, 0.25) is 0 Å². The van der Waals surface area contributed by atoms with E-state index in [0.29, 0.717) is 42.7 Å². The van der Waals surface area contributed by atoms with Crippen LogP contribution in [0.3, 0.4) is 0 Å². The normalized spacial score (nSPS) is 12.5. The molecule has 45 heavy (non-hydrogen) atoms. The number of carbonyl (C=O) groups is 1. The van der Waals surface area contributed by atoms with Crippen molar-refractivity contribution in [3.05, 3.63) is 125 Å². The second-order valence-corrected chi connectivity index (χ2v) is 11.3. The van der Waals surface area contributed by atoms with Crippen molar-refractivity contribution in [2.45, 2.75) is 44.1 Å². The summed E-state index contributed by atoms with van der Waals surface area (Å²) < 4.78 is 10.9. The molecule has 0 bridgehead atoms. The summed E-state index contributed by atoms with van der Waals surface area (Å²) in [6, 6.07) is 29.3. The lowest BCUT2D eigenvalue weighted by Gasteiger charge is -2.20. The molecular formula is C38H38O7. The zero-order valence-electron chi connectivity index (χ0n) is 25.4. The molecule has 7 nitrogen and oxygen atoms in total. The quantitative estimate of drug-likeness (QED) is 0.116. The van der Waals surface area contributed by atoms with E-state index in [4.69, 9.17) is 9.47 Å². The zero-order chi connectivity index (χ0) is 31.9. The van der Waals surface area contributed by atoms with Crippen LogP contribution in [-0.2, 0) is 24.1 Å². The van der Waals surface area contributed by atoms with E-state index in [9.17, 15) is 25.2 Å². The van der Waals surface area contributed by atoms with Crippen molar-refractivity contribution in [2.75, 3.05) is 14.2 Å². The first-order valence-corrected chi connectivity index (χ1v) is 15.0. The molecule has 0 saturated heterocycles. The Bertz CT molecular complexity index is 1790. The Labute approximate surface area is 262 Å². The second-order valence-electron chi connectivity index (χ2n) is 11.3. The molecule has 0 fully saturated rings. The van der Waals surface area contributed by atoms with E-state index < -0.39 is 12.0 Å². The second kappa shape index (κ2) is 14.2. The lowest BCUT2D eigenvalue weighted by molar-refractivity contribution is -0.122. The van der Waals surface area contributed by atoms with Crippen molar-refractivity contribution < 1.29 is 34.7 Å². The van der Waals surface area contributed by atoms with Crippen molar-refractivity contribution in [3.8, 4) is 28.7 Å². The van der Waals surface area contributed by atoms with E-state index >= 15 is 0 Å². The fourth-order valence-corrected chi connectivity index (χ4v) is 5.99. The van der Waals surface area contributed by atoms with Crippen LogP contribution < -0.4 is 9.47 Å². The fraction of sp³-hybridized carbons (Fsp3) is 0.237. The highest BCUT2D eigenvalue weighted by molar-refractivity contribution is 5.87. The molecule has 5 rings (SSSR count). The lowest BCUT2D eigenvalue weighted by atomic mass is 9.85. The molecule has 0 amide bonds. The van der Waals surface area contributed by atoms with Crippen LogP contribution in [0.1, 0.15) is 46.6 Å². The zero-order valence-corrected chi connectivity index (χ0v) is 25.4. The highest BCUT2D eigenvalue weighted by Gasteiger charge is 2.25. The van der Waals surface area contributed by atoms with Gasteiger partial charge in [0, 0.05) is 24.3 Å². The smallest absolute Gasteiger partial charge is 0.164 e. The molecule has 2 atom stereocenters. The average molecular weight is 607 g/mol. The lowest BCUT2D eigenvalue weighted by Crippen LogP contribution is -2.22. The number of methoxy groups -OCH3 is 2. The third kappa shape index (κ3) is 7.39. The molecule has 0 aromatic heterocycles. The predicted molar refractivity (Wildman–Crippen MR) is 175 cm³/mol. The number of rotatable bonds is 13. The summed E-state index contributed by atoms with van der Waals surface area (Å²) in [5, 5.41) is 44.1. The summed E-state index contributed by atoms with van der Waals surface area (Å²) in [5.41, 5.74) is 4.26. The van der Waals surface area contributed by atoms with Crippen molar-refractivity contribution in [3.63, 3.8) is 0 Å². The first-order chi connectivity index (χ1) is 21.8. The highest BCUT2D eigenvalue weighted by atomic mass is 16.5. The Morgan fingerprint density at radius 2 is 1.53 bits per heavy atom. The van der Waals surface area contributed by atoms with Crippen molar-refractivity contribution in [2.24, 2.45) is 0 Å². The highest BCUT2D eigenvalue weighted by Crippen LogP contribution is 2.37. The molecule has 0 aliphatic heterocycles. The summed E-state index contributed by atoms with van der Waals surface area (Å²) in [5.74, 6) is 0.0115. The van der Waals surface area contributed by atoms with Gasteiger partial charge in [-0.1, -0.05) is 66.7 Å². The summed E-state index contributed by atoms with van der Waals surface area (Å²) in [6.07, 6.45) is 0.620. The number of aliphatic hydroxyl groups excluding tert-OH is 1. The number of fused-ring (bicyclic) bond motifs is 1. The minimum Gasteiger partial charge on any atom is -0.508 e. The molecule has 5 aromatic carbocycles. The van der Waals surface area contributed by atoms with Crippen molar-refractivity contribution in [1.29, 1.82) is 0 Å². The number of aromatic hydroxyl groups is 3. The molecule has 0 heterocycles. The van der Waals surface area contributed by atoms with E-state index in [1.54, 1.807) is 42.5 Å². The van der Waals surface area contributed by atoms with Crippen LogP contribution in [0.4, 0.5) is 0 Å². The van der Waals surface area contributed by atoms with Gasteiger partial charge in [0.15, 0.2) is 23.0 Å². The van der Waals surface area contributed by atoms with E-state index in [1.165, 1.54) is 20.3 Å². The number of ketones is 1. The number of aryl methyl sites for hydroxylation is 1. The number of hydrogen-bond acceptors (Lipinski definition) is 7. The topological polar surface area (TPSA) is 116 Å². The number of benzene rings is 5. The van der Waals surface area contributed by atoms with E-state index in [1.807, 2.05) is 24.3 Å². The first kappa shape index (κ1) is 31.4. The Kier molecular flexibility index (Phi) is 9.90. The van der Waals surface area contributed by atoms with Gasteiger partial charge >= 0.3 is 0 Å². The summed E-state index contributed by atoms with van der Waals surface area (Å²) >= 11 is 0. The van der Waals surface area contributed by atoms with Gasteiger partial charge in [0.25, 0.3) is 0 Å². The molecule has 0 spiro atoms. The molecule has 0 aliphatic carbocycles. The monoisotopic (exact) mass is 606 g/mol. The van der Waals surface area contributed by atoms with Crippen molar-refractivity contribution >= 4 is 16.6 Å². The first-order valence-electron chi connectivity index (χ1n) is 15.0. The number of ether oxygens (including phenoxy) is 2. The van der Waals surface area contributed by atoms with Gasteiger partial charge in [0.05, 0.1) is 20.3 Å². The number of aliphatic hydroxyl groups is 1. The maximum atomic E-state index is 13.7. The molecular weight excluding hydrogens is 568 g/mol. The number of phenols is 3. The van der Waals surface area contributed by atoms with Gasteiger partial charge in [0.1, 0.15) is 11.5 Å². The van der Waals surface area contributed by atoms with Crippen LogP contribution in [-0.4, -0.2) is 46.5 Å². The van der Waals surface area contributed by atoms with E-state index in [-0.39, 0.29) is 29.5 Å². The van der Waals surface area contributed by atoms with Crippen molar-refractivity contribution in [1.82, 2.24) is 0 Å². The molecule has 2 unspecified atom stereocenters. The van der Waals surface area contributed by atoms with Gasteiger partial charge in [-0.05, 0) is 82.6 Å². The third-order valence-corrected chi connectivity index (χ3v) is 8.32. The minimum absolute atomic E-state index is 0.00239. The summed E-state index contributed by atoms with van der Waals surface area (Å²) in [7, 11) is 2.99. The van der Waals surface area contributed by atoms with Crippen LogP contribution in [0.2, 0.25) is 0 Å². The molecule has 5 aromatic rings. The minimum atomic E-state index is -0.920. The van der Waals surface area contributed by atoms with E-state index in [0.717, 1.165) is 33.0 Å². The Hall–Kier alpha value is -5.01. The van der Waals surface area contributed by atoms with Crippen LogP contribution in [0.15, 0.2) is 97.1 Å². The number of hydrogen-bond donors (Lipinski definition) is 4.